The second kappa shape index (κ2) is 19.4. The van der Waals surface area contributed by atoms with Gasteiger partial charge >= 0.3 is 40.0 Å². The Kier molecular flexibility index (Phi) is 21.3. The van der Waals surface area contributed by atoms with E-state index in [4.69, 9.17) is 14.4 Å². The second-order valence-corrected chi connectivity index (χ2v) is 8.10. The van der Waals surface area contributed by atoms with Gasteiger partial charge in [-0.15, -0.1) is 0 Å². The average Bonchev–Trinajstić information content (AvgIpc) is 2.65. The average molecular weight is 455 g/mol. The number of aliphatic hydroxyl groups excluding tert-OH is 4. The monoisotopic (exact) mass is 454 g/mol. The van der Waals surface area contributed by atoms with Crippen molar-refractivity contribution >= 4 is 40.0 Å². The second-order valence-electron chi connectivity index (χ2n) is 7.05. The van der Waals surface area contributed by atoms with Gasteiger partial charge in [0.25, 0.3) is 0 Å². The molecule has 172 valence electrons. The molecule has 0 fully saturated rings. The number of unbranched alkanes of at least 4 members (excludes halogenated alkanes) is 9. The molecule has 0 heterocycles. The van der Waals surface area contributed by atoms with Crippen molar-refractivity contribution in [3.63, 3.8) is 0 Å². The summed E-state index contributed by atoms with van der Waals surface area (Å²) in [5, 5.41) is 37.7. The summed E-state index contributed by atoms with van der Waals surface area (Å²) < 4.78 is 40.2. The van der Waals surface area contributed by atoms with Gasteiger partial charge in [0.05, 0.1) is 13.2 Å². The molecule has 0 aromatic heterocycles. The molecular formula is C18H39NaO9S. The van der Waals surface area contributed by atoms with Crippen LogP contribution in [0.25, 0.3) is 0 Å². The van der Waals surface area contributed by atoms with E-state index in [1.165, 1.54) is 38.5 Å². The Bertz CT molecular complexity index is 464. The summed E-state index contributed by atoms with van der Waals surface area (Å²) in [7, 11) is -4.90. The van der Waals surface area contributed by atoms with E-state index in [9.17, 15) is 23.7 Å². The van der Waals surface area contributed by atoms with Crippen molar-refractivity contribution in [2.45, 2.75) is 95.5 Å². The van der Waals surface area contributed by atoms with Gasteiger partial charge in [0, 0.05) is 6.61 Å². The normalized spacial score (nSPS) is 16.1. The predicted octanol–water partition coefficient (Wildman–Crippen LogP) is 0.538. The van der Waals surface area contributed by atoms with Gasteiger partial charge in [0.1, 0.15) is 24.4 Å². The molecule has 0 spiro atoms. The Morgan fingerprint density at radius 3 is 1.76 bits per heavy atom. The summed E-state index contributed by atoms with van der Waals surface area (Å²) in [6, 6.07) is 0. The van der Waals surface area contributed by atoms with Crippen molar-refractivity contribution in [2.75, 3.05) is 19.8 Å². The van der Waals surface area contributed by atoms with Crippen LogP contribution in [-0.2, 0) is 19.3 Å². The third-order valence-corrected chi connectivity index (χ3v) is 4.97. The van der Waals surface area contributed by atoms with E-state index in [-0.39, 0.29) is 29.6 Å². The molecule has 0 aliphatic heterocycles. The molecule has 0 radical (unpaired) electrons. The fourth-order valence-electron chi connectivity index (χ4n) is 2.79. The van der Waals surface area contributed by atoms with Gasteiger partial charge in [-0.05, 0) is 6.42 Å². The Labute approximate surface area is 197 Å². The minimum atomic E-state index is -4.90. The molecule has 0 aliphatic carbocycles. The Hall–Kier alpha value is 0.670. The molecule has 0 aliphatic rings. The van der Waals surface area contributed by atoms with Gasteiger partial charge in [0.15, 0.2) is 0 Å². The Morgan fingerprint density at radius 2 is 1.31 bits per heavy atom. The third-order valence-electron chi connectivity index (χ3n) is 4.48. The van der Waals surface area contributed by atoms with Crippen molar-refractivity contribution < 1.29 is 42.3 Å². The zero-order chi connectivity index (χ0) is 21.4. The molecule has 0 amide bonds. The van der Waals surface area contributed by atoms with Crippen molar-refractivity contribution in [3.05, 3.63) is 0 Å². The molecule has 0 saturated heterocycles. The first-order chi connectivity index (χ1) is 13.2. The van der Waals surface area contributed by atoms with E-state index >= 15 is 0 Å². The summed E-state index contributed by atoms with van der Waals surface area (Å²) in [4.78, 5) is 0. The fourth-order valence-corrected chi connectivity index (χ4v) is 3.27. The molecule has 29 heavy (non-hydrogen) atoms. The van der Waals surface area contributed by atoms with Crippen LogP contribution >= 0.6 is 0 Å². The number of rotatable bonds is 19. The van der Waals surface area contributed by atoms with Crippen LogP contribution < -0.4 is 0 Å². The molecule has 0 bridgehead atoms. The van der Waals surface area contributed by atoms with E-state index < -0.39 is 48.0 Å². The van der Waals surface area contributed by atoms with Gasteiger partial charge in [-0.1, -0.05) is 64.7 Å². The summed E-state index contributed by atoms with van der Waals surface area (Å²) in [5.74, 6) is 0. The van der Waals surface area contributed by atoms with Crippen LogP contribution in [0, 0.1) is 0 Å². The maximum atomic E-state index is 10.9. The zero-order valence-electron chi connectivity index (χ0n) is 16.8. The first kappa shape index (κ1) is 31.9. The van der Waals surface area contributed by atoms with Crippen LogP contribution in [0.15, 0.2) is 0 Å². The molecule has 0 saturated carbocycles. The van der Waals surface area contributed by atoms with Gasteiger partial charge in [-0.25, -0.2) is 4.18 Å². The first-order valence-electron chi connectivity index (χ1n) is 10.1. The molecule has 4 atom stereocenters. The van der Waals surface area contributed by atoms with Crippen LogP contribution in [0.4, 0.5) is 0 Å². The van der Waals surface area contributed by atoms with Gasteiger partial charge < -0.3 is 25.2 Å². The topological polar surface area (TPSA) is 154 Å². The maximum absolute atomic E-state index is 10.9. The van der Waals surface area contributed by atoms with Gasteiger partial charge in [-0.3, -0.25) is 4.55 Å². The van der Waals surface area contributed by atoms with Crippen LogP contribution in [0.5, 0.6) is 0 Å². The first-order valence-corrected chi connectivity index (χ1v) is 11.5. The quantitative estimate of drug-likeness (QED) is 0.107. The van der Waals surface area contributed by atoms with Crippen LogP contribution in [-0.4, -0.2) is 107 Å². The summed E-state index contributed by atoms with van der Waals surface area (Å²) >= 11 is 0. The molecule has 9 nitrogen and oxygen atoms in total. The number of aliphatic hydroxyl groups is 4. The summed E-state index contributed by atoms with van der Waals surface area (Å²) in [6.07, 6.45) is 4.47. The standard InChI is InChI=1S/C18H38O9S.Na.H/c1-2-3-4-5-6-7-8-9-10-11-12-26-14-16(27-28(23,24)25)18(22)17(21)15(20)13-19;;/h15-22H,2-14H2,1H3,(H,23,24,25);;/t15-,16+,17-,18-;;/m1../s1. The molecule has 0 rings (SSSR count). The van der Waals surface area contributed by atoms with Gasteiger partial charge in [-0.2, -0.15) is 8.42 Å². The van der Waals surface area contributed by atoms with Crippen molar-refractivity contribution in [3.8, 4) is 0 Å². The Balaban J connectivity index is 0. The van der Waals surface area contributed by atoms with Crippen molar-refractivity contribution in [1.29, 1.82) is 0 Å². The molecule has 0 aromatic rings. The van der Waals surface area contributed by atoms with Crippen molar-refractivity contribution in [2.24, 2.45) is 0 Å². The zero-order valence-corrected chi connectivity index (χ0v) is 17.6. The Morgan fingerprint density at radius 1 is 0.828 bits per heavy atom. The molecule has 5 N–H and O–H groups in total. The van der Waals surface area contributed by atoms with E-state index in [2.05, 4.69) is 11.1 Å². The molecule has 11 heteroatoms. The molecule has 0 unspecified atom stereocenters. The summed E-state index contributed by atoms with van der Waals surface area (Å²) in [5.41, 5.74) is 0. The molecular weight excluding hydrogens is 415 g/mol. The van der Waals surface area contributed by atoms with E-state index in [0.29, 0.717) is 6.61 Å². The van der Waals surface area contributed by atoms with Crippen LogP contribution in [0.3, 0.4) is 0 Å². The molecule has 0 aromatic carbocycles. The van der Waals surface area contributed by atoms with E-state index in [1.807, 2.05) is 0 Å². The third kappa shape index (κ3) is 18.0. The number of ether oxygens (including phenoxy) is 1. The SMILES string of the molecule is CCCCCCCCCCCCOC[C@H](OS(=O)(=O)O)[C@@H](O)[C@H](O)[C@H](O)CO.[NaH]. The van der Waals surface area contributed by atoms with E-state index in [1.54, 1.807) is 0 Å². The van der Waals surface area contributed by atoms with E-state index in [0.717, 1.165) is 25.7 Å². The van der Waals surface area contributed by atoms with Crippen molar-refractivity contribution in [1.82, 2.24) is 0 Å². The van der Waals surface area contributed by atoms with Gasteiger partial charge in [0.2, 0.25) is 0 Å². The predicted molar refractivity (Wildman–Crippen MR) is 111 cm³/mol. The fraction of sp³-hybridized carbons (Fsp3) is 1.00. The minimum absolute atomic E-state index is 0. The number of hydrogen-bond acceptors (Lipinski definition) is 8. The van der Waals surface area contributed by atoms with Crippen LogP contribution in [0.2, 0.25) is 0 Å². The van der Waals surface area contributed by atoms with Crippen LogP contribution in [0.1, 0.15) is 71.1 Å². The number of hydrogen-bond donors (Lipinski definition) is 5. The summed E-state index contributed by atoms with van der Waals surface area (Å²) in [6.45, 7) is 1.25.